The average molecular weight is 539 g/mol. The van der Waals surface area contributed by atoms with E-state index in [0.29, 0.717) is 65.7 Å². The number of hydrogen-bond donors (Lipinski definition) is 4. The van der Waals surface area contributed by atoms with E-state index >= 15 is 0 Å². The highest BCUT2D eigenvalue weighted by atomic mass is 16.6. The molecule has 0 spiro atoms. The molecule has 11 nitrogen and oxygen atoms in total. The molecular weight excluding hydrogens is 488 g/mol. The molecule has 220 valence electrons. The van der Waals surface area contributed by atoms with Gasteiger partial charge in [0.25, 0.3) is 0 Å². The van der Waals surface area contributed by atoms with Crippen molar-refractivity contribution in [2.24, 2.45) is 0 Å². The second-order valence-corrected chi connectivity index (χ2v) is 7.07. The Morgan fingerprint density at radius 1 is 0.568 bits per heavy atom. The van der Waals surface area contributed by atoms with Gasteiger partial charge >= 0.3 is 11.9 Å². The van der Waals surface area contributed by atoms with Gasteiger partial charge in [0.05, 0.1) is 72.7 Å². The molecule has 0 aliphatic heterocycles. The summed E-state index contributed by atoms with van der Waals surface area (Å²) in [6, 6.07) is 0. The van der Waals surface area contributed by atoms with Gasteiger partial charge in [-0.3, -0.25) is 9.59 Å². The molecule has 0 saturated heterocycles. The average Bonchev–Trinajstić information content (AvgIpc) is 2.89. The van der Waals surface area contributed by atoms with Crippen LogP contribution in [0.4, 0.5) is 0 Å². The van der Waals surface area contributed by atoms with Crippen molar-refractivity contribution in [2.45, 2.75) is 52.4 Å². The zero-order valence-electron chi connectivity index (χ0n) is 22.7. The monoisotopic (exact) mass is 538 g/mol. The van der Waals surface area contributed by atoms with Crippen molar-refractivity contribution in [1.29, 1.82) is 0 Å². The number of aliphatic carboxylic acids is 1. The molecule has 0 aromatic carbocycles. The van der Waals surface area contributed by atoms with Gasteiger partial charge in [0.15, 0.2) is 0 Å². The van der Waals surface area contributed by atoms with Crippen molar-refractivity contribution in [1.82, 2.24) is 0 Å². The molecule has 37 heavy (non-hydrogen) atoms. The first kappa shape index (κ1) is 39.6. The Hall–Kier alpha value is -1.86. The van der Waals surface area contributed by atoms with Crippen LogP contribution in [0, 0.1) is 0 Å². The van der Waals surface area contributed by atoms with Crippen LogP contribution in [0.25, 0.3) is 0 Å². The standard InChI is InChI=1S/C13H24O5.C7H12O2.C6H14O4/c1-2-3-4-5-6-13(15)18-12-11-17-10-9-16-8-7-14;1-2-3-4-5-6-7(8)9;7-1-3-9-5-6-10-4-2-8/h3-4,14H,2,5-12H2,1H3;3-4H,2,5-6H2,1H3,(H,8,9);7-8H,1-6H2/b2*4-3-;. The first-order chi connectivity index (χ1) is 18.0. The summed E-state index contributed by atoms with van der Waals surface area (Å²) >= 11 is 0. The highest BCUT2D eigenvalue weighted by molar-refractivity contribution is 5.69. The number of hydrogen-bond acceptors (Lipinski definition) is 10. The summed E-state index contributed by atoms with van der Waals surface area (Å²) in [6.07, 6.45) is 11.9. The predicted molar refractivity (Wildman–Crippen MR) is 140 cm³/mol. The Bertz CT molecular complexity index is 503. The molecule has 0 atom stereocenters. The lowest BCUT2D eigenvalue weighted by Gasteiger charge is -2.06. The lowest BCUT2D eigenvalue weighted by atomic mass is 10.3. The first-order valence-electron chi connectivity index (χ1n) is 12.8. The molecule has 0 aliphatic carbocycles. The maximum Gasteiger partial charge on any atom is 0.306 e. The van der Waals surface area contributed by atoms with Gasteiger partial charge in [-0.15, -0.1) is 0 Å². The number of esters is 1. The summed E-state index contributed by atoms with van der Waals surface area (Å²) < 4.78 is 24.9. The number of carboxylic acid groups (broad SMARTS) is 1. The Labute approximate surface area is 222 Å². The fourth-order valence-electron chi connectivity index (χ4n) is 2.10. The minimum atomic E-state index is -0.726. The van der Waals surface area contributed by atoms with Crippen molar-refractivity contribution < 1.29 is 53.7 Å². The van der Waals surface area contributed by atoms with Crippen LogP contribution in [0.1, 0.15) is 52.4 Å². The maximum absolute atomic E-state index is 11.2. The smallest absolute Gasteiger partial charge is 0.306 e. The third-order valence-corrected chi connectivity index (χ3v) is 3.79. The number of carboxylic acids is 1. The number of aliphatic hydroxyl groups excluding tert-OH is 3. The summed E-state index contributed by atoms with van der Waals surface area (Å²) in [5, 5.41) is 33.1. The van der Waals surface area contributed by atoms with Gasteiger partial charge in [0.2, 0.25) is 0 Å². The second kappa shape index (κ2) is 38.7. The normalized spacial score (nSPS) is 10.6. The summed E-state index contributed by atoms with van der Waals surface area (Å²) in [5.41, 5.74) is 0. The second-order valence-electron chi connectivity index (χ2n) is 7.07. The molecule has 0 aromatic heterocycles. The van der Waals surface area contributed by atoms with E-state index in [4.69, 9.17) is 44.1 Å². The van der Waals surface area contributed by atoms with Gasteiger partial charge < -0.3 is 44.1 Å². The Morgan fingerprint density at radius 2 is 0.946 bits per heavy atom. The van der Waals surface area contributed by atoms with E-state index in [1.54, 1.807) is 0 Å². The quantitative estimate of drug-likeness (QED) is 0.0856. The number of carbonyl (C=O) groups is 2. The highest BCUT2D eigenvalue weighted by Gasteiger charge is 2.00. The van der Waals surface area contributed by atoms with Crippen LogP contribution >= 0.6 is 0 Å². The SMILES string of the molecule is CC/C=C\CCC(=O)O.CC/C=C\CCC(=O)OCCOCCOCCO.OCCOCCOCCO. The number of carbonyl (C=O) groups excluding carboxylic acids is 1. The topological polar surface area (TPSA) is 161 Å². The zero-order chi connectivity index (χ0) is 28.2. The molecule has 0 heterocycles. The summed E-state index contributed by atoms with van der Waals surface area (Å²) in [5.74, 6) is -0.924. The molecule has 0 saturated carbocycles. The Balaban J connectivity index is -0.000000515. The molecule has 0 rings (SSSR count). The number of allylic oxidation sites excluding steroid dienone is 4. The van der Waals surface area contributed by atoms with Gasteiger partial charge in [0.1, 0.15) is 6.61 Å². The van der Waals surface area contributed by atoms with Gasteiger partial charge in [-0.2, -0.15) is 0 Å². The molecule has 0 unspecified atom stereocenters. The van der Waals surface area contributed by atoms with Crippen molar-refractivity contribution >= 4 is 11.9 Å². The first-order valence-corrected chi connectivity index (χ1v) is 12.8. The molecule has 0 bridgehead atoms. The minimum absolute atomic E-state index is 0.0179. The van der Waals surface area contributed by atoms with Gasteiger partial charge in [-0.25, -0.2) is 0 Å². The van der Waals surface area contributed by atoms with Crippen molar-refractivity contribution in [3.63, 3.8) is 0 Å². The van der Waals surface area contributed by atoms with Crippen molar-refractivity contribution in [3.05, 3.63) is 24.3 Å². The zero-order valence-corrected chi connectivity index (χ0v) is 22.7. The van der Waals surface area contributed by atoms with Gasteiger partial charge in [0, 0.05) is 12.8 Å². The molecule has 0 fully saturated rings. The van der Waals surface area contributed by atoms with Crippen LogP contribution < -0.4 is 0 Å². The van der Waals surface area contributed by atoms with Crippen LogP contribution in [0.5, 0.6) is 0 Å². The van der Waals surface area contributed by atoms with Crippen LogP contribution in [0.2, 0.25) is 0 Å². The van der Waals surface area contributed by atoms with E-state index in [9.17, 15) is 9.59 Å². The molecule has 0 amide bonds. The van der Waals surface area contributed by atoms with Crippen LogP contribution in [-0.2, 0) is 33.3 Å². The molecule has 0 aliphatic rings. The van der Waals surface area contributed by atoms with E-state index in [2.05, 4.69) is 6.92 Å². The summed E-state index contributed by atoms with van der Waals surface area (Å²) in [4.78, 5) is 21.1. The highest BCUT2D eigenvalue weighted by Crippen LogP contribution is 1.95. The number of aliphatic hydroxyl groups is 3. The maximum atomic E-state index is 11.2. The number of ether oxygens (including phenoxy) is 5. The van der Waals surface area contributed by atoms with Crippen LogP contribution in [-0.4, -0.2) is 112 Å². The fourth-order valence-corrected chi connectivity index (χ4v) is 2.10. The van der Waals surface area contributed by atoms with Gasteiger partial charge in [-0.05, 0) is 25.7 Å². The van der Waals surface area contributed by atoms with E-state index in [-0.39, 0.29) is 38.8 Å². The summed E-state index contributed by atoms with van der Waals surface area (Å²) in [7, 11) is 0. The molecular formula is C26H50O11. The van der Waals surface area contributed by atoms with E-state index < -0.39 is 5.97 Å². The van der Waals surface area contributed by atoms with Crippen molar-refractivity contribution in [3.8, 4) is 0 Å². The summed E-state index contributed by atoms with van der Waals surface area (Å²) in [6.45, 7) is 7.68. The number of rotatable bonds is 23. The van der Waals surface area contributed by atoms with Gasteiger partial charge in [-0.1, -0.05) is 38.2 Å². The third-order valence-electron chi connectivity index (χ3n) is 3.79. The van der Waals surface area contributed by atoms with Crippen molar-refractivity contribution in [2.75, 3.05) is 79.3 Å². The molecule has 0 aromatic rings. The largest absolute Gasteiger partial charge is 0.481 e. The van der Waals surface area contributed by atoms with Crippen LogP contribution in [0.3, 0.4) is 0 Å². The Kier molecular flexibility index (Phi) is 41.4. The third kappa shape index (κ3) is 47.9. The molecule has 4 N–H and O–H groups in total. The van der Waals surface area contributed by atoms with E-state index in [1.165, 1.54) is 0 Å². The lowest BCUT2D eigenvalue weighted by molar-refractivity contribution is -0.145. The van der Waals surface area contributed by atoms with Crippen LogP contribution in [0.15, 0.2) is 24.3 Å². The minimum Gasteiger partial charge on any atom is -0.481 e. The van der Waals surface area contributed by atoms with E-state index in [0.717, 1.165) is 19.3 Å². The Morgan fingerprint density at radius 3 is 1.32 bits per heavy atom. The molecule has 11 heteroatoms. The van der Waals surface area contributed by atoms with E-state index in [1.807, 2.05) is 31.2 Å². The predicted octanol–water partition coefficient (Wildman–Crippen LogP) is 2.12. The fraction of sp³-hybridized carbons (Fsp3) is 0.769. The lowest BCUT2D eigenvalue weighted by Crippen LogP contribution is -2.13. The molecule has 0 radical (unpaired) electrons.